The number of nitro benzene ring substituents is 1. The van der Waals surface area contributed by atoms with E-state index in [1.807, 2.05) is 0 Å². The first-order valence-corrected chi connectivity index (χ1v) is 7.76. The van der Waals surface area contributed by atoms with Gasteiger partial charge in [-0.25, -0.2) is 4.98 Å². The highest BCUT2D eigenvalue weighted by atomic mass is 32.1. The van der Waals surface area contributed by atoms with E-state index in [1.54, 1.807) is 6.07 Å². The maximum Gasteiger partial charge on any atom is 0.270 e. The van der Waals surface area contributed by atoms with Crippen molar-refractivity contribution in [3.8, 4) is 0 Å². The van der Waals surface area contributed by atoms with Gasteiger partial charge in [0.25, 0.3) is 5.69 Å². The van der Waals surface area contributed by atoms with E-state index in [1.165, 1.54) is 23.5 Å². The summed E-state index contributed by atoms with van der Waals surface area (Å²) >= 11 is 1.25. The third-order valence-electron chi connectivity index (χ3n) is 3.09. The van der Waals surface area contributed by atoms with Crippen LogP contribution in [0.5, 0.6) is 0 Å². The molecule has 0 aliphatic rings. The molecule has 0 bridgehead atoms. The van der Waals surface area contributed by atoms with Crippen molar-refractivity contribution in [1.29, 1.82) is 0 Å². The molecule has 112 valence electrons. The van der Waals surface area contributed by atoms with Crippen LogP contribution < -0.4 is 5.32 Å². The molecule has 2 aromatic rings. The molecule has 0 spiro atoms. The molecule has 21 heavy (non-hydrogen) atoms. The summed E-state index contributed by atoms with van der Waals surface area (Å²) in [5.41, 5.74) is 0.690. The quantitative estimate of drug-likeness (QED) is 0.474. The van der Waals surface area contributed by atoms with Gasteiger partial charge in [-0.1, -0.05) is 37.5 Å². The first-order valence-electron chi connectivity index (χ1n) is 6.95. The van der Waals surface area contributed by atoms with Gasteiger partial charge in [0.2, 0.25) is 5.91 Å². The zero-order valence-corrected chi connectivity index (χ0v) is 12.6. The highest BCUT2D eigenvalue weighted by molar-refractivity contribution is 7.22. The third-order valence-corrected chi connectivity index (χ3v) is 4.02. The fourth-order valence-electron chi connectivity index (χ4n) is 1.97. The Kier molecular flexibility index (Phi) is 5.21. The molecule has 1 aromatic heterocycles. The summed E-state index contributed by atoms with van der Waals surface area (Å²) in [6, 6.07) is 4.49. The van der Waals surface area contributed by atoms with Crippen LogP contribution in [0.3, 0.4) is 0 Å². The number of amides is 1. The summed E-state index contributed by atoms with van der Waals surface area (Å²) in [6.07, 6.45) is 4.68. The van der Waals surface area contributed by atoms with Crippen molar-refractivity contribution in [3.63, 3.8) is 0 Å². The van der Waals surface area contributed by atoms with Gasteiger partial charge in [-0.2, -0.15) is 0 Å². The second-order valence-electron chi connectivity index (χ2n) is 4.79. The van der Waals surface area contributed by atoms with Crippen LogP contribution in [0.25, 0.3) is 10.2 Å². The Bertz CT molecular complexity index is 654. The molecule has 0 fully saturated rings. The van der Waals surface area contributed by atoms with E-state index in [-0.39, 0.29) is 11.6 Å². The lowest BCUT2D eigenvalue weighted by molar-refractivity contribution is -0.384. The van der Waals surface area contributed by atoms with Gasteiger partial charge >= 0.3 is 0 Å². The Hall–Kier alpha value is -2.02. The predicted octanol–water partition coefficient (Wildman–Crippen LogP) is 4.11. The third kappa shape index (κ3) is 4.22. The number of nitrogens with zero attached hydrogens (tertiary/aromatic N) is 2. The van der Waals surface area contributed by atoms with Gasteiger partial charge in [0.05, 0.1) is 15.1 Å². The van der Waals surface area contributed by atoms with Crippen molar-refractivity contribution < 1.29 is 9.72 Å². The number of hydrogen-bond acceptors (Lipinski definition) is 5. The normalized spacial score (nSPS) is 10.7. The predicted molar refractivity (Wildman–Crippen MR) is 83.7 cm³/mol. The SMILES string of the molecule is CCCCCCC(=O)Nc1nc2ccc([N+](=O)[O-])cc2s1. The molecule has 2 rings (SSSR count). The lowest BCUT2D eigenvalue weighted by atomic mass is 10.1. The van der Waals surface area contributed by atoms with Crippen LogP contribution in [0.15, 0.2) is 18.2 Å². The molecule has 1 amide bonds. The smallest absolute Gasteiger partial charge is 0.270 e. The van der Waals surface area contributed by atoms with E-state index in [2.05, 4.69) is 17.2 Å². The van der Waals surface area contributed by atoms with Gasteiger partial charge in [0.1, 0.15) is 0 Å². The minimum atomic E-state index is -0.439. The highest BCUT2D eigenvalue weighted by Gasteiger charge is 2.11. The zero-order chi connectivity index (χ0) is 15.2. The summed E-state index contributed by atoms with van der Waals surface area (Å²) in [5, 5.41) is 14.0. The van der Waals surface area contributed by atoms with Crippen molar-refractivity contribution in [1.82, 2.24) is 4.98 Å². The molecule has 1 N–H and O–H groups in total. The molecule has 0 saturated carbocycles. The van der Waals surface area contributed by atoms with Crippen molar-refractivity contribution in [3.05, 3.63) is 28.3 Å². The van der Waals surface area contributed by atoms with E-state index in [4.69, 9.17) is 0 Å². The summed E-state index contributed by atoms with van der Waals surface area (Å²) in [7, 11) is 0. The number of carbonyl (C=O) groups excluding carboxylic acids is 1. The van der Waals surface area contributed by atoms with Crippen LogP contribution in [0.2, 0.25) is 0 Å². The summed E-state index contributed by atoms with van der Waals surface area (Å²) < 4.78 is 0.700. The van der Waals surface area contributed by atoms with Gasteiger partial charge in [-0.05, 0) is 12.5 Å². The monoisotopic (exact) mass is 307 g/mol. The lowest BCUT2D eigenvalue weighted by Crippen LogP contribution is -2.10. The second kappa shape index (κ2) is 7.12. The van der Waals surface area contributed by atoms with E-state index in [9.17, 15) is 14.9 Å². The second-order valence-corrected chi connectivity index (χ2v) is 5.82. The molecule has 1 heterocycles. The van der Waals surface area contributed by atoms with Crippen molar-refractivity contribution in [2.24, 2.45) is 0 Å². The molecular formula is C14H17N3O3S. The summed E-state index contributed by atoms with van der Waals surface area (Å²) in [6.45, 7) is 2.13. The Balaban J connectivity index is 1.99. The number of carbonyl (C=O) groups is 1. The number of benzene rings is 1. The maximum absolute atomic E-state index is 11.8. The molecule has 0 aliphatic heterocycles. The Labute approximate surface area is 126 Å². The Morgan fingerprint density at radius 2 is 2.19 bits per heavy atom. The number of thiazole rings is 1. The maximum atomic E-state index is 11.8. The lowest BCUT2D eigenvalue weighted by Gasteiger charge is -2.00. The average molecular weight is 307 g/mol. The van der Waals surface area contributed by atoms with Crippen LogP contribution in [-0.2, 0) is 4.79 Å². The van der Waals surface area contributed by atoms with Crippen molar-refractivity contribution in [2.45, 2.75) is 39.0 Å². The van der Waals surface area contributed by atoms with Gasteiger partial charge in [0.15, 0.2) is 5.13 Å². The molecule has 1 aromatic carbocycles. The molecule has 0 aliphatic carbocycles. The minimum Gasteiger partial charge on any atom is -0.302 e. The standard InChI is InChI=1S/C14H17N3O3S/c1-2-3-4-5-6-13(18)16-14-15-11-8-7-10(17(19)20)9-12(11)21-14/h7-9H,2-6H2,1H3,(H,15,16,18). The van der Waals surface area contributed by atoms with Crippen LogP contribution in [0.4, 0.5) is 10.8 Å². The topological polar surface area (TPSA) is 85.1 Å². The summed E-state index contributed by atoms with van der Waals surface area (Å²) in [4.78, 5) is 26.3. The fourth-order valence-corrected chi connectivity index (χ4v) is 2.89. The van der Waals surface area contributed by atoms with Gasteiger partial charge in [-0.3, -0.25) is 14.9 Å². The molecule has 0 atom stereocenters. The Morgan fingerprint density at radius 3 is 2.90 bits per heavy atom. The van der Waals surface area contributed by atoms with Crippen LogP contribution >= 0.6 is 11.3 Å². The molecule has 0 saturated heterocycles. The number of anilines is 1. The van der Waals surface area contributed by atoms with Gasteiger partial charge in [-0.15, -0.1) is 0 Å². The fraction of sp³-hybridized carbons (Fsp3) is 0.429. The van der Waals surface area contributed by atoms with Crippen molar-refractivity contribution >= 4 is 38.3 Å². The summed E-state index contributed by atoms with van der Waals surface area (Å²) in [5.74, 6) is -0.0559. The first kappa shape index (κ1) is 15.4. The molecule has 6 nitrogen and oxygen atoms in total. The van der Waals surface area contributed by atoms with Gasteiger partial charge < -0.3 is 5.32 Å². The minimum absolute atomic E-state index is 0.0311. The number of unbranched alkanes of at least 4 members (excludes halogenated alkanes) is 3. The average Bonchev–Trinajstić information content (AvgIpc) is 2.84. The van der Waals surface area contributed by atoms with E-state index in [0.29, 0.717) is 21.8 Å². The number of nitrogens with one attached hydrogen (secondary N) is 1. The number of aromatic nitrogens is 1. The number of rotatable bonds is 7. The van der Waals surface area contributed by atoms with Crippen LogP contribution in [0, 0.1) is 10.1 Å². The van der Waals surface area contributed by atoms with Crippen LogP contribution in [-0.4, -0.2) is 15.8 Å². The Morgan fingerprint density at radius 1 is 1.38 bits per heavy atom. The van der Waals surface area contributed by atoms with E-state index in [0.717, 1.165) is 25.7 Å². The number of fused-ring (bicyclic) bond motifs is 1. The van der Waals surface area contributed by atoms with E-state index < -0.39 is 4.92 Å². The largest absolute Gasteiger partial charge is 0.302 e. The molecule has 0 unspecified atom stereocenters. The molecule has 0 radical (unpaired) electrons. The van der Waals surface area contributed by atoms with E-state index >= 15 is 0 Å². The van der Waals surface area contributed by atoms with Crippen LogP contribution in [0.1, 0.15) is 39.0 Å². The molecule has 7 heteroatoms. The van der Waals surface area contributed by atoms with Gasteiger partial charge in [0, 0.05) is 18.6 Å². The highest BCUT2D eigenvalue weighted by Crippen LogP contribution is 2.29. The zero-order valence-electron chi connectivity index (χ0n) is 11.8. The number of non-ortho nitro benzene ring substituents is 1. The van der Waals surface area contributed by atoms with Crippen molar-refractivity contribution in [2.75, 3.05) is 5.32 Å². The molecular weight excluding hydrogens is 290 g/mol. The number of nitro groups is 1. The first-order chi connectivity index (χ1) is 10.1. The number of hydrogen-bond donors (Lipinski definition) is 1.